The smallest absolute Gasteiger partial charge is 0.123 e. The fourth-order valence-electron chi connectivity index (χ4n) is 2.86. The zero-order valence-electron chi connectivity index (χ0n) is 12.6. The van der Waals surface area contributed by atoms with Crippen LogP contribution in [0.2, 0.25) is 0 Å². The lowest BCUT2D eigenvalue weighted by Gasteiger charge is -2.24. The van der Waals surface area contributed by atoms with Crippen LogP contribution in [0.3, 0.4) is 0 Å². The van der Waals surface area contributed by atoms with E-state index in [1.54, 1.807) is 0 Å². The highest BCUT2D eigenvalue weighted by Gasteiger charge is 2.15. The van der Waals surface area contributed by atoms with Crippen LogP contribution in [-0.2, 0) is 6.61 Å². The minimum Gasteiger partial charge on any atom is -0.489 e. The predicted molar refractivity (Wildman–Crippen MR) is 86.5 cm³/mol. The summed E-state index contributed by atoms with van der Waals surface area (Å²) in [5.41, 5.74) is 3.76. The quantitative estimate of drug-likeness (QED) is 0.897. The Hall–Kier alpha value is -1.80. The third-order valence-electron chi connectivity index (χ3n) is 4.16. The van der Waals surface area contributed by atoms with E-state index in [-0.39, 0.29) is 0 Å². The maximum Gasteiger partial charge on any atom is 0.123 e. The van der Waals surface area contributed by atoms with Gasteiger partial charge < -0.3 is 10.1 Å². The molecule has 0 aromatic heterocycles. The Bertz CT molecular complexity index is 573. The molecule has 0 saturated carbocycles. The van der Waals surface area contributed by atoms with Gasteiger partial charge in [-0.15, -0.1) is 0 Å². The van der Waals surface area contributed by atoms with Gasteiger partial charge in [0, 0.05) is 6.04 Å². The molecule has 1 aliphatic heterocycles. The summed E-state index contributed by atoms with van der Waals surface area (Å²) in [5, 5.41) is 3.60. The van der Waals surface area contributed by atoms with Crippen LogP contribution in [0, 0.1) is 6.92 Å². The lowest BCUT2D eigenvalue weighted by molar-refractivity contribution is 0.303. The Morgan fingerprint density at radius 3 is 2.71 bits per heavy atom. The lowest BCUT2D eigenvalue weighted by atomic mass is 9.96. The second-order valence-corrected chi connectivity index (χ2v) is 5.80. The van der Waals surface area contributed by atoms with Crippen LogP contribution >= 0.6 is 0 Å². The van der Waals surface area contributed by atoms with Gasteiger partial charge in [0.15, 0.2) is 0 Å². The van der Waals surface area contributed by atoms with Gasteiger partial charge >= 0.3 is 0 Å². The van der Waals surface area contributed by atoms with E-state index in [1.807, 2.05) is 18.2 Å². The fraction of sp³-hybridized carbons (Fsp3) is 0.368. The molecule has 1 heterocycles. The highest BCUT2D eigenvalue weighted by atomic mass is 16.5. The maximum absolute atomic E-state index is 6.03. The Kier molecular flexibility index (Phi) is 4.56. The summed E-state index contributed by atoms with van der Waals surface area (Å²) in [5.74, 6) is 1.00. The van der Waals surface area contributed by atoms with Crippen molar-refractivity contribution in [3.05, 3.63) is 65.2 Å². The van der Waals surface area contributed by atoms with Gasteiger partial charge in [0.2, 0.25) is 0 Å². The molecule has 1 unspecified atom stereocenters. The standard InChI is InChI=1S/C19H23NO/c1-15-10-11-17(18-9-5-6-12-20-18)13-19(15)21-14-16-7-3-2-4-8-16/h2-4,7-8,10-11,13,18,20H,5-6,9,12,14H2,1H3. The van der Waals surface area contributed by atoms with Crippen LogP contribution in [0.4, 0.5) is 0 Å². The first-order chi connectivity index (χ1) is 10.3. The number of rotatable bonds is 4. The number of hydrogen-bond acceptors (Lipinski definition) is 2. The summed E-state index contributed by atoms with van der Waals surface area (Å²) in [6, 6.07) is 17.4. The van der Waals surface area contributed by atoms with E-state index >= 15 is 0 Å². The fourth-order valence-corrected chi connectivity index (χ4v) is 2.86. The average Bonchev–Trinajstić information content (AvgIpc) is 2.56. The van der Waals surface area contributed by atoms with E-state index in [2.05, 4.69) is 42.6 Å². The molecule has 2 aromatic rings. The van der Waals surface area contributed by atoms with Gasteiger partial charge in [-0.25, -0.2) is 0 Å². The highest BCUT2D eigenvalue weighted by molar-refractivity contribution is 5.38. The molecule has 1 atom stereocenters. The molecule has 0 radical (unpaired) electrons. The molecule has 1 saturated heterocycles. The summed E-state index contributed by atoms with van der Waals surface area (Å²) in [6.45, 7) is 3.86. The average molecular weight is 281 g/mol. The lowest BCUT2D eigenvalue weighted by Crippen LogP contribution is -2.26. The molecule has 0 aliphatic carbocycles. The second-order valence-electron chi connectivity index (χ2n) is 5.80. The Morgan fingerprint density at radius 1 is 1.10 bits per heavy atom. The normalized spacial score (nSPS) is 18.4. The van der Waals surface area contributed by atoms with Gasteiger partial charge in [-0.2, -0.15) is 0 Å². The monoisotopic (exact) mass is 281 g/mol. The van der Waals surface area contributed by atoms with Gasteiger partial charge in [-0.3, -0.25) is 0 Å². The number of ether oxygens (including phenoxy) is 1. The van der Waals surface area contributed by atoms with Crippen molar-refractivity contribution in [1.82, 2.24) is 5.32 Å². The molecule has 0 spiro atoms. The third-order valence-corrected chi connectivity index (χ3v) is 4.16. The summed E-state index contributed by atoms with van der Waals surface area (Å²) >= 11 is 0. The molecule has 0 amide bonds. The number of piperidine rings is 1. The summed E-state index contributed by atoms with van der Waals surface area (Å²) < 4.78 is 6.03. The summed E-state index contributed by atoms with van der Waals surface area (Å²) in [4.78, 5) is 0. The maximum atomic E-state index is 6.03. The van der Waals surface area contributed by atoms with Crippen molar-refractivity contribution in [2.75, 3.05) is 6.54 Å². The van der Waals surface area contributed by atoms with Gasteiger partial charge in [0.25, 0.3) is 0 Å². The van der Waals surface area contributed by atoms with Crippen LogP contribution in [0.1, 0.15) is 42.0 Å². The molecule has 2 aromatic carbocycles. The van der Waals surface area contributed by atoms with Crippen molar-refractivity contribution in [3.8, 4) is 5.75 Å². The number of aryl methyl sites for hydroxylation is 1. The van der Waals surface area contributed by atoms with Crippen LogP contribution in [0.15, 0.2) is 48.5 Å². The van der Waals surface area contributed by atoms with Crippen LogP contribution in [0.5, 0.6) is 5.75 Å². The first-order valence-electron chi connectivity index (χ1n) is 7.83. The van der Waals surface area contributed by atoms with E-state index in [0.717, 1.165) is 12.3 Å². The largest absolute Gasteiger partial charge is 0.489 e. The molecule has 2 nitrogen and oxygen atoms in total. The van der Waals surface area contributed by atoms with Crippen molar-refractivity contribution in [1.29, 1.82) is 0 Å². The summed E-state index contributed by atoms with van der Waals surface area (Å²) in [6.07, 6.45) is 3.83. The molecule has 1 aliphatic rings. The molecule has 2 heteroatoms. The van der Waals surface area contributed by atoms with E-state index < -0.39 is 0 Å². The highest BCUT2D eigenvalue weighted by Crippen LogP contribution is 2.28. The van der Waals surface area contributed by atoms with Crippen molar-refractivity contribution in [2.45, 2.75) is 38.8 Å². The zero-order chi connectivity index (χ0) is 14.5. The Morgan fingerprint density at radius 2 is 1.95 bits per heavy atom. The van der Waals surface area contributed by atoms with Crippen molar-refractivity contribution >= 4 is 0 Å². The Balaban J connectivity index is 1.72. The molecule has 3 rings (SSSR count). The van der Waals surface area contributed by atoms with E-state index in [0.29, 0.717) is 12.6 Å². The molecule has 110 valence electrons. The predicted octanol–water partition coefficient (Wildman–Crippen LogP) is 4.39. The van der Waals surface area contributed by atoms with Gasteiger partial charge in [-0.1, -0.05) is 48.9 Å². The molecular weight excluding hydrogens is 258 g/mol. The van der Waals surface area contributed by atoms with Crippen LogP contribution in [-0.4, -0.2) is 6.54 Å². The zero-order valence-corrected chi connectivity index (χ0v) is 12.6. The number of benzene rings is 2. The SMILES string of the molecule is Cc1ccc(C2CCCCN2)cc1OCc1ccccc1. The van der Waals surface area contributed by atoms with Gasteiger partial charge in [0.05, 0.1) is 0 Å². The minimum absolute atomic E-state index is 0.485. The van der Waals surface area contributed by atoms with Crippen molar-refractivity contribution in [2.24, 2.45) is 0 Å². The number of hydrogen-bond donors (Lipinski definition) is 1. The molecule has 21 heavy (non-hydrogen) atoms. The third kappa shape index (κ3) is 3.64. The second kappa shape index (κ2) is 6.77. The van der Waals surface area contributed by atoms with Crippen LogP contribution < -0.4 is 10.1 Å². The first-order valence-corrected chi connectivity index (χ1v) is 7.83. The Labute approximate surface area is 127 Å². The van der Waals surface area contributed by atoms with Crippen LogP contribution in [0.25, 0.3) is 0 Å². The van der Waals surface area contributed by atoms with Gasteiger partial charge in [0.1, 0.15) is 12.4 Å². The van der Waals surface area contributed by atoms with Crippen molar-refractivity contribution < 1.29 is 4.74 Å². The van der Waals surface area contributed by atoms with E-state index in [9.17, 15) is 0 Å². The van der Waals surface area contributed by atoms with Crippen molar-refractivity contribution in [3.63, 3.8) is 0 Å². The van der Waals surface area contributed by atoms with E-state index in [1.165, 1.54) is 36.0 Å². The topological polar surface area (TPSA) is 21.3 Å². The molecule has 1 fully saturated rings. The number of nitrogens with one attached hydrogen (secondary N) is 1. The van der Waals surface area contributed by atoms with E-state index in [4.69, 9.17) is 4.74 Å². The van der Waals surface area contributed by atoms with Gasteiger partial charge in [-0.05, 0) is 49.1 Å². The molecule has 0 bridgehead atoms. The molecule has 1 N–H and O–H groups in total. The first kappa shape index (κ1) is 14.2. The summed E-state index contributed by atoms with van der Waals surface area (Å²) in [7, 11) is 0. The molecular formula is C19H23NO. The minimum atomic E-state index is 0.485.